The van der Waals surface area contributed by atoms with Gasteiger partial charge in [0, 0.05) is 0 Å². The molecule has 0 aromatic carbocycles. The normalized spacial score (nSPS) is 10.1. The monoisotopic (exact) mass is 121 g/mol. The molecule has 0 aliphatic carbocycles. The molecule has 0 rings (SSSR count). The number of thiol groups is 1. The molecule has 0 unspecified atom stereocenters. The third-order valence-corrected chi connectivity index (χ3v) is 0.584. The summed E-state index contributed by atoms with van der Waals surface area (Å²) in [6.45, 7) is 5.42. The van der Waals surface area contributed by atoms with Crippen LogP contribution in [0.2, 0.25) is 0 Å². The Hall–Kier alpha value is 0.110. The Kier molecular flexibility index (Phi) is 4.34. The maximum absolute atomic E-state index is 9.55. The van der Waals surface area contributed by atoms with Gasteiger partial charge >= 0.3 is 0 Å². The average molecular weight is 121 g/mol. The molecule has 0 saturated heterocycles. The Bertz CT molecular complexity index is 53.7. The van der Waals surface area contributed by atoms with E-state index in [9.17, 15) is 4.21 Å². The minimum absolute atomic E-state index is 0.265. The van der Waals surface area contributed by atoms with Crippen LogP contribution in [0.25, 0.3) is 0 Å². The van der Waals surface area contributed by atoms with Crippen LogP contribution in [0.15, 0.2) is 0 Å². The molecular formula is C4H9O2S. The molecule has 0 bridgehead atoms. The highest BCUT2D eigenvalue weighted by molar-refractivity contribution is 7.60. The van der Waals surface area contributed by atoms with Crippen LogP contribution in [0.4, 0.5) is 0 Å². The quantitative estimate of drug-likeness (QED) is 0.556. The fourth-order valence-electron chi connectivity index (χ4n) is 0.147. The van der Waals surface area contributed by atoms with Gasteiger partial charge in [0.25, 0.3) is 0 Å². The summed E-state index contributed by atoms with van der Waals surface area (Å²) < 4.78 is 13.9. The van der Waals surface area contributed by atoms with Gasteiger partial charge in [-0.2, -0.15) is 0 Å². The standard InChI is InChI=1S/C4H9O2S/c1-4(2)3-6-7-5/h3-4,7H,1-2H3. The van der Waals surface area contributed by atoms with E-state index in [1.807, 2.05) is 13.8 Å². The molecule has 0 saturated carbocycles. The van der Waals surface area contributed by atoms with Crippen LogP contribution in [0.5, 0.6) is 0 Å². The first-order valence-electron chi connectivity index (χ1n) is 2.09. The summed E-state index contributed by atoms with van der Waals surface area (Å²) in [5, 5.41) is 0. The Morgan fingerprint density at radius 1 is 1.71 bits per heavy atom. The third kappa shape index (κ3) is 6.11. The van der Waals surface area contributed by atoms with Gasteiger partial charge in [-0.05, 0) is 5.92 Å². The van der Waals surface area contributed by atoms with Crippen LogP contribution in [-0.4, -0.2) is 4.21 Å². The molecule has 0 aliphatic rings. The van der Waals surface area contributed by atoms with Crippen molar-refractivity contribution in [2.75, 3.05) is 0 Å². The van der Waals surface area contributed by atoms with Crippen molar-refractivity contribution < 1.29 is 8.39 Å². The van der Waals surface area contributed by atoms with Crippen LogP contribution >= 0.6 is 0 Å². The van der Waals surface area contributed by atoms with Gasteiger partial charge in [0.2, 0.25) is 0 Å². The fraction of sp³-hybridized carbons (Fsp3) is 0.750. The maximum atomic E-state index is 9.55. The molecule has 0 amide bonds. The second kappa shape index (κ2) is 4.27. The Morgan fingerprint density at radius 3 is 2.43 bits per heavy atom. The lowest BCUT2D eigenvalue weighted by atomic mass is 10.2. The third-order valence-electron chi connectivity index (χ3n) is 0.376. The van der Waals surface area contributed by atoms with E-state index in [0.717, 1.165) is 0 Å². The lowest BCUT2D eigenvalue weighted by Gasteiger charge is -1.95. The molecule has 2 nitrogen and oxygen atoms in total. The Morgan fingerprint density at radius 2 is 2.29 bits per heavy atom. The highest BCUT2D eigenvalue weighted by Crippen LogP contribution is 1.96. The highest BCUT2D eigenvalue weighted by atomic mass is 32.2. The largest absolute Gasteiger partial charge is 0.286 e. The van der Waals surface area contributed by atoms with E-state index in [-0.39, 0.29) is 11.9 Å². The van der Waals surface area contributed by atoms with Crippen molar-refractivity contribution in [3.63, 3.8) is 0 Å². The van der Waals surface area contributed by atoms with Crippen LogP contribution in [-0.2, 0) is 16.1 Å². The smallest absolute Gasteiger partial charge is 0.142 e. The molecule has 1 radical (unpaired) electrons. The first-order chi connectivity index (χ1) is 3.27. The first-order valence-corrected chi connectivity index (χ1v) is 2.82. The van der Waals surface area contributed by atoms with Crippen LogP contribution < -0.4 is 0 Å². The van der Waals surface area contributed by atoms with Crippen molar-refractivity contribution in [3.8, 4) is 0 Å². The predicted octanol–water partition coefficient (Wildman–Crippen LogP) is 0.681. The number of hydrogen-bond donors (Lipinski definition) is 1. The van der Waals surface area contributed by atoms with Crippen molar-refractivity contribution in [2.45, 2.75) is 13.8 Å². The molecule has 7 heavy (non-hydrogen) atoms. The average Bonchev–Trinajstić information content (AvgIpc) is 1.61. The molecule has 0 aromatic rings. The van der Waals surface area contributed by atoms with Crippen LogP contribution in [0.1, 0.15) is 13.8 Å². The van der Waals surface area contributed by atoms with Gasteiger partial charge in [-0.25, -0.2) is 4.21 Å². The molecule has 0 aromatic heterocycles. The molecular weight excluding hydrogens is 112 g/mol. The molecule has 0 heterocycles. The Balaban J connectivity index is 2.81. The highest BCUT2D eigenvalue weighted by Gasteiger charge is 1.90. The van der Waals surface area contributed by atoms with Crippen LogP contribution in [0, 0.1) is 12.5 Å². The van der Waals surface area contributed by atoms with E-state index in [1.165, 1.54) is 6.61 Å². The molecule has 0 spiro atoms. The summed E-state index contributed by atoms with van der Waals surface area (Å²) in [6, 6.07) is 0. The lowest BCUT2D eigenvalue weighted by molar-refractivity contribution is 0.393. The van der Waals surface area contributed by atoms with Gasteiger partial charge in [0.05, 0.1) is 0 Å². The molecule has 0 atom stereocenters. The molecule has 3 heteroatoms. The summed E-state index contributed by atoms with van der Waals surface area (Å²) >= 11 is -0.265. The molecule has 0 fully saturated rings. The topological polar surface area (TPSA) is 26.3 Å². The summed E-state index contributed by atoms with van der Waals surface area (Å²) in [7, 11) is 0. The number of rotatable bonds is 3. The minimum atomic E-state index is -0.265. The zero-order valence-electron chi connectivity index (χ0n) is 4.42. The molecule has 0 aliphatic heterocycles. The zero-order valence-corrected chi connectivity index (χ0v) is 5.31. The van der Waals surface area contributed by atoms with Crippen molar-refractivity contribution in [3.05, 3.63) is 6.61 Å². The summed E-state index contributed by atoms with van der Waals surface area (Å²) in [6.07, 6.45) is 0. The van der Waals surface area contributed by atoms with E-state index >= 15 is 0 Å². The van der Waals surface area contributed by atoms with E-state index in [1.54, 1.807) is 0 Å². The summed E-state index contributed by atoms with van der Waals surface area (Å²) in [5.41, 5.74) is 0. The van der Waals surface area contributed by atoms with Gasteiger partial charge in [0.1, 0.15) is 18.6 Å². The van der Waals surface area contributed by atoms with E-state index in [2.05, 4.69) is 4.18 Å². The minimum Gasteiger partial charge on any atom is -0.286 e. The van der Waals surface area contributed by atoms with Gasteiger partial charge in [0.15, 0.2) is 0 Å². The second-order valence-corrected chi connectivity index (χ2v) is 1.92. The molecule has 0 N–H and O–H groups in total. The van der Waals surface area contributed by atoms with E-state index < -0.39 is 0 Å². The van der Waals surface area contributed by atoms with E-state index in [0.29, 0.717) is 5.92 Å². The van der Waals surface area contributed by atoms with Crippen LogP contribution in [0.3, 0.4) is 0 Å². The van der Waals surface area contributed by atoms with Gasteiger partial charge < -0.3 is 0 Å². The van der Waals surface area contributed by atoms with Gasteiger partial charge in [-0.15, -0.1) is 0 Å². The maximum Gasteiger partial charge on any atom is 0.142 e. The van der Waals surface area contributed by atoms with E-state index in [4.69, 9.17) is 0 Å². The van der Waals surface area contributed by atoms with Gasteiger partial charge in [-0.3, -0.25) is 4.18 Å². The zero-order chi connectivity index (χ0) is 5.70. The van der Waals surface area contributed by atoms with Crippen molar-refractivity contribution >= 4 is 11.9 Å². The fourth-order valence-corrected chi connectivity index (χ4v) is 0.440. The Labute approximate surface area is 47.6 Å². The van der Waals surface area contributed by atoms with Crippen molar-refractivity contribution in [1.82, 2.24) is 0 Å². The summed E-state index contributed by atoms with van der Waals surface area (Å²) in [4.78, 5) is 0. The van der Waals surface area contributed by atoms with Gasteiger partial charge in [-0.1, -0.05) is 13.8 Å². The SMILES string of the molecule is CC(C)[CH]O[SH]=O. The first kappa shape index (κ1) is 7.11. The lowest BCUT2D eigenvalue weighted by Crippen LogP contribution is -1.88. The summed E-state index contributed by atoms with van der Waals surface area (Å²) in [5.74, 6) is 0.349. The number of hydrogen-bond acceptors (Lipinski definition) is 2. The molecule has 43 valence electrons. The second-order valence-electron chi connectivity index (χ2n) is 1.56. The van der Waals surface area contributed by atoms with Crippen molar-refractivity contribution in [1.29, 1.82) is 0 Å². The van der Waals surface area contributed by atoms with Crippen molar-refractivity contribution in [2.24, 2.45) is 5.92 Å². The predicted molar refractivity (Wildman–Crippen MR) is 29.8 cm³/mol.